The smallest absolute Gasteiger partial charge is 0.274 e. The molecule has 176 valence electrons. The maximum atomic E-state index is 13.4. The van der Waals surface area contributed by atoms with Crippen LogP contribution in [-0.2, 0) is 17.6 Å². The number of halogens is 2. The maximum absolute atomic E-state index is 13.4. The second kappa shape index (κ2) is 9.34. The highest BCUT2D eigenvalue weighted by Gasteiger charge is 2.31. The number of carbonyl (C=O) groups is 2. The van der Waals surface area contributed by atoms with E-state index in [4.69, 9.17) is 0 Å². The molecule has 5 rings (SSSR count). The van der Waals surface area contributed by atoms with Crippen molar-refractivity contribution in [2.45, 2.75) is 19.3 Å². The minimum absolute atomic E-state index is 0.108. The fourth-order valence-corrected chi connectivity index (χ4v) is 4.63. The molecule has 1 N–H and O–H groups in total. The van der Waals surface area contributed by atoms with Crippen LogP contribution in [0.3, 0.4) is 0 Å². The number of hydrogen-bond acceptors (Lipinski definition) is 4. The Hall–Kier alpha value is -3.59. The number of hydrogen-bond donors (Lipinski definition) is 1. The first kappa shape index (κ1) is 22.2. The molecule has 3 aromatic rings. The second-order valence-electron chi connectivity index (χ2n) is 8.64. The minimum Gasteiger partial charge on any atom is -0.335 e. The minimum atomic E-state index is -0.404. The van der Waals surface area contributed by atoms with Crippen LogP contribution in [0.15, 0.2) is 48.5 Å². The van der Waals surface area contributed by atoms with E-state index in [-0.39, 0.29) is 24.2 Å². The van der Waals surface area contributed by atoms with E-state index in [0.29, 0.717) is 37.6 Å². The van der Waals surface area contributed by atoms with Gasteiger partial charge in [0.2, 0.25) is 5.91 Å². The predicted octanol–water partition coefficient (Wildman–Crippen LogP) is 3.04. The molecule has 2 aromatic carbocycles. The van der Waals surface area contributed by atoms with Gasteiger partial charge in [0.15, 0.2) is 5.69 Å². The van der Waals surface area contributed by atoms with Gasteiger partial charge in [-0.2, -0.15) is 5.10 Å². The van der Waals surface area contributed by atoms with Crippen molar-refractivity contribution in [2.24, 2.45) is 0 Å². The number of anilines is 1. The van der Waals surface area contributed by atoms with Crippen molar-refractivity contribution in [2.75, 3.05) is 38.0 Å². The fourth-order valence-electron chi connectivity index (χ4n) is 4.63. The number of amides is 2. The normalized spacial score (nSPS) is 15.9. The van der Waals surface area contributed by atoms with Crippen LogP contribution in [0.1, 0.15) is 28.2 Å². The van der Waals surface area contributed by atoms with Gasteiger partial charge in [0.1, 0.15) is 11.6 Å². The summed E-state index contributed by atoms with van der Waals surface area (Å²) in [4.78, 5) is 29.4. The van der Waals surface area contributed by atoms with Gasteiger partial charge >= 0.3 is 0 Å². The summed E-state index contributed by atoms with van der Waals surface area (Å²) in [6.07, 6.45) is 2.60. The van der Waals surface area contributed by atoms with Crippen molar-refractivity contribution >= 4 is 17.5 Å². The second-order valence-corrected chi connectivity index (χ2v) is 8.64. The van der Waals surface area contributed by atoms with Crippen LogP contribution < -0.4 is 5.32 Å². The van der Waals surface area contributed by atoms with Gasteiger partial charge in [0, 0.05) is 43.1 Å². The number of fused-ring (bicyclic) bond motifs is 1. The summed E-state index contributed by atoms with van der Waals surface area (Å²) in [6, 6.07) is 11.9. The number of nitrogens with zero attached hydrogens (tertiary/aromatic N) is 4. The highest BCUT2D eigenvalue weighted by atomic mass is 19.1. The largest absolute Gasteiger partial charge is 0.335 e. The van der Waals surface area contributed by atoms with E-state index >= 15 is 0 Å². The Morgan fingerprint density at radius 1 is 0.941 bits per heavy atom. The summed E-state index contributed by atoms with van der Waals surface area (Å²) in [5.41, 5.74) is 3.63. The molecule has 2 amide bonds. The quantitative estimate of drug-likeness (QED) is 0.629. The molecule has 1 aromatic heterocycles. The lowest BCUT2D eigenvalue weighted by atomic mass is 10.1. The molecular formula is C25H25F2N5O2. The predicted molar refractivity (Wildman–Crippen MR) is 123 cm³/mol. The van der Waals surface area contributed by atoms with Gasteiger partial charge in [-0.05, 0) is 61.7 Å². The molecule has 7 nitrogen and oxygen atoms in total. The van der Waals surface area contributed by atoms with Crippen LogP contribution in [0, 0.1) is 11.6 Å². The zero-order valence-corrected chi connectivity index (χ0v) is 18.6. The number of aromatic nitrogens is 2. The van der Waals surface area contributed by atoms with E-state index in [1.54, 1.807) is 33.8 Å². The Labute approximate surface area is 196 Å². The summed E-state index contributed by atoms with van der Waals surface area (Å²) in [5, 5.41) is 7.33. The Bertz CT molecular complexity index is 1220. The zero-order chi connectivity index (χ0) is 23.7. The molecule has 1 fully saturated rings. The molecule has 0 saturated carbocycles. The van der Waals surface area contributed by atoms with E-state index in [0.717, 1.165) is 36.2 Å². The topological polar surface area (TPSA) is 70.5 Å². The molecule has 0 spiro atoms. The summed E-state index contributed by atoms with van der Waals surface area (Å²) in [7, 11) is 0. The molecule has 1 aliphatic heterocycles. The number of nitrogens with one attached hydrogen (secondary N) is 1. The Morgan fingerprint density at radius 2 is 1.71 bits per heavy atom. The van der Waals surface area contributed by atoms with Crippen molar-refractivity contribution in [3.05, 3.63) is 77.1 Å². The van der Waals surface area contributed by atoms with E-state index in [1.807, 2.05) is 4.90 Å². The average Bonchev–Trinajstić information content (AvgIpc) is 3.43. The monoisotopic (exact) mass is 465 g/mol. The van der Waals surface area contributed by atoms with Gasteiger partial charge in [0.05, 0.1) is 12.2 Å². The highest BCUT2D eigenvalue weighted by Crippen LogP contribution is 2.29. The van der Waals surface area contributed by atoms with Gasteiger partial charge in [-0.25, -0.2) is 13.5 Å². The summed E-state index contributed by atoms with van der Waals surface area (Å²) < 4.78 is 28.4. The van der Waals surface area contributed by atoms with Crippen LogP contribution in [-0.4, -0.2) is 64.1 Å². The molecule has 0 atom stereocenters. The first-order valence-electron chi connectivity index (χ1n) is 11.4. The molecule has 0 unspecified atom stereocenters. The van der Waals surface area contributed by atoms with Crippen molar-refractivity contribution < 1.29 is 18.4 Å². The molecule has 1 aliphatic carbocycles. The average molecular weight is 466 g/mol. The highest BCUT2D eigenvalue weighted by molar-refractivity contribution is 5.94. The van der Waals surface area contributed by atoms with Gasteiger partial charge in [0.25, 0.3) is 5.91 Å². The molecular weight excluding hydrogens is 440 g/mol. The van der Waals surface area contributed by atoms with Gasteiger partial charge in [-0.3, -0.25) is 14.5 Å². The van der Waals surface area contributed by atoms with E-state index in [2.05, 4.69) is 10.4 Å². The molecule has 2 heterocycles. The summed E-state index contributed by atoms with van der Waals surface area (Å²) in [5.74, 6) is -1.05. The molecule has 9 heteroatoms. The third-order valence-electron chi connectivity index (χ3n) is 6.34. The van der Waals surface area contributed by atoms with Crippen molar-refractivity contribution in [3.63, 3.8) is 0 Å². The van der Waals surface area contributed by atoms with Gasteiger partial charge < -0.3 is 10.2 Å². The van der Waals surface area contributed by atoms with Crippen molar-refractivity contribution in [1.82, 2.24) is 19.6 Å². The number of carbonyl (C=O) groups excluding carboxylic acids is 2. The Morgan fingerprint density at radius 3 is 2.44 bits per heavy atom. The van der Waals surface area contributed by atoms with Crippen LogP contribution in [0.25, 0.3) is 5.69 Å². The molecule has 0 radical (unpaired) electrons. The number of benzene rings is 2. The van der Waals surface area contributed by atoms with E-state index < -0.39 is 5.82 Å². The first-order valence-corrected chi connectivity index (χ1v) is 11.4. The van der Waals surface area contributed by atoms with Crippen molar-refractivity contribution in [3.8, 4) is 5.69 Å². The van der Waals surface area contributed by atoms with Crippen molar-refractivity contribution in [1.29, 1.82) is 0 Å². The Balaban J connectivity index is 1.22. The third-order valence-corrected chi connectivity index (χ3v) is 6.34. The standard InChI is InChI=1S/C25H25F2N5O2/c26-17-7-9-20(10-8-17)32-22-6-2-5-21(22)24(29-32)25(34)31-13-11-30(12-14-31)16-23(33)28-19-4-1-3-18(27)15-19/h1,3-4,7-10,15H,2,5-6,11-14,16H2,(H,28,33). The van der Waals surface area contributed by atoms with Crippen LogP contribution >= 0.6 is 0 Å². The van der Waals surface area contributed by atoms with E-state index in [9.17, 15) is 18.4 Å². The SMILES string of the molecule is O=C(CN1CCN(C(=O)c2nn(-c3ccc(F)cc3)c3c2CCC3)CC1)Nc1cccc(F)c1. The first-order chi connectivity index (χ1) is 16.5. The zero-order valence-electron chi connectivity index (χ0n) is 18.6. The molecule has 1 saturated heterocycles. The van der Waals surface area contributed by atoms with E-state index in [1.165, 1.54) is 24.3 Å². The number of piperazine rings is 1. The van der Waals surface area contributed by atoms with Crippen LogP contribution in [0.4, 0.5) is 14.5 Å². The molecule has 2 aliphatic rings. The summed E-state index contributed by atoms with van der Waals surface area (Å²) >= 11 is 0. The van der Waals surface area contributed by atoms with Gasteiger partial charge in [-0.15, -0.1) is 0 Å². The van der Waals surface area contributed by atoms with Gasteiger partial charge in [-0.1, -0.05) is 6.07 Å². The lowest BCUT2D eigenvalue weighted by Crippen LogP contribution is -2.50. The Kier molecular flexibility index (Phi) is 6.10. The fraction of sp³-hybridized carbons (Fsp3) is 0.320. The lowest BCUT2D eigenvalue weighted by molar-refractivity contribution is -0.117. The third kappa shape index (κ3) is 4.56. The maximum Gasteiger partial charge on any atom is 0.274 e. The molecule has 0 bridgehead atoms. The number of rotatable bonds is 5. The summed E-state index contributed by atoms with van der Waals surface area (Å²) in [6.45, 7) is 2.27. The molecule has 34 heavy (non-hydrogen) atoms. The lowest BCUT2D eigenvalue weighted by Gasteiger charge is -2.34. The van der Waals surface area contributed by atoms with Crippen LogP contribution in [0.5, 0.6) is 0 Å². The van der Waals surface area contributed by atoms with Crippen LogP contribution in [0.2, 0.25) is 0 Å².